The van der Waals surface area contributed by atoms with Gasteiger partial charge >= 0.3 is 5.97 Å². The summed E-state index contributed by atoms with van der Waals surface area (Å²) in [6.07, 6.45) is 5.50. The fourth-order valence-corrected chi connectivity index (χ4v) is 2.47. The molecule has 2 rings (SSSR count). The Balaban J connectivity index is 2.35. The summed E-state index contributed by atoms with van der Waals surface area (Å²) >= 11 is 0. The highest BCUT2D eigenvalue weighted by Gasteiger charge is 2.29. The maximum absolute atomic E-state index is 11.5. The molecule has 0 unspecified atom stereocenters. The number of nitrogens with zero attached hydrogens (tertiary/aromatic N) is 3. The third kappa shape index (κ3) is 3.50. The van der Waals surface area contributed by atoms with E-state index in [9.17, 15) is 9.90 Å². The highest BCUT2D eigenvalue weighted by molar-refractivity contribution is 5.92. The number of carboxylic acids is 1. The summed E-state index contributed by atoms with van der Waals surface area (Å²) in [5.74, 6) is -0.388. The molecule has 0 bridgehead atoms. The maximum Gasteiger partial charge on any atom is 0.356 e. The van der Waals surface area contributed by atoms with Gasteiger partial charge in [0.2, 0.25) is 0 Å². The number of aliphatic hydroxyl groups is 1. The molecule has 0 aromatic carbocycles. The monoisotopic (exact) mass is 293 g/mol. The van der Waals surface area contributed by atoms with E-state index >= 15 is 0 Å². The normalized spacial score (nSPS) is 15.0. The highest BCUT2D eigenvalue weighted by atomic mass is 16.4. The van der Waals surface area contributed by atoms with Gasteiger partial charge in [-0.05, 0) is 25.7 Å². The Hall–Kier alpha value is -1.69. The second kappa shape index (κ2) is 6.85. The lowest BCUT2D eigenvalue weighted by atomic mass is 9.91. The first-order chi connectivity index (χ1) is 10.0. The average molecular weight is 293 g/mol. The van der Waals surface area contributed by atoms with Crippen molar-refractivity contribution in [3.05, 3.63) is 17.7 Å². The zero-order valence-electron chi connectivity index (χ0n) is 12.6. The SMILES string of the molecule is CC(C)c1ncc(N(CCCO)C2CCC2)c(C(=O)O)n1. The molecule has 0 saturated heterocycles. The molecule has 1 aliphatic rings. The van der Waals surface area contributed by atoms with Gasteiger partial charge < -0.3 is 15.1 Å². The molecule has 0 amide bonds. The number of rotatable bonds is 7. The lowest BCUT2D eigenvalue weighted by molar-refractivity contribution is 0.0690. The first kappa shape index (κ1) is 15.7. The molecular formula is C15H23N3O3. The average Bonchev–Trinajstić information content (AvgIpc) is 2.40. The minimum absolute atomic E-state index is 0.0681. The molecule has 0 radical (unpaired) electrons. The Morgan fingerprint density at radius 3 is 2.67 bits per heavy atom. The van der Waals surface area contributed by atoms with Gasteiger partial charge in [-0.15, -0.1) is 0 Å². The van der Waals surface area contributed by atoms with Crippen LogP contribution in [0.15, 0.2) is 6.20 Å². The second-order valence-corrected chi connectivity index (χ2v) is 5.78. The van der Waals surface area contributed by atoms with Crippen molar-refractivity contribution in [3.8, 4) is 0 Å². The van der Waals surface area contributed by atoms with Crippen molar-refractivity contribution in [2.24, 2.45) is 0 Å². The van der Waals surface area contributed by atoms with Gasteiger partial charge in [-0.1, -0.05) is 13.8 Å². The molecule has 1 aliphatic carbocycles. The third-order valence-electron chi connectivity index (χ3n) is 3.89. The van der Waals surface area contributed by atoms with Crippen molar-refractivity contribution in [3.63, 3.8) is 0 Å². The van der Waals surface area contributed by atoms with Crippen molar-refractivity contribution < 1.29 is 15.0 Å². The Bertz CT molecular complexity index is 501. The number of aromatic nitrogens is 2. The summed E-state index contributed by atoms with van der Waals surface area (Å²) in [6.45, 7) is 4.61. The van der Waals surface area contributed by atoms with Crippen LogP contribution in [-0.4, -0.2) is 45.3 Å². The molecule has 1 aromatic heterocycles. The van der Waals surface area contributed by atoms with E-state index in [1.807, 2.05) is 18.7 Å². The predicted octanol–water partition coefficient (Wildman–Crippen LogP) is 2.04. The van der Waals surface area contributed by atoms with Crippen LogP contribution in [0.3, 0.4) is 0 Å². The van der Waals surface area contributed by atoms with Crippen molar-refractivity contribution in [1.82, 2.24) is 9.97 Å². The van der Waals surface area contributed by atoms with E-state index in [1.54, 1.807) is 6.20 Å². The van der Waals surface area contributed by atoms with Crippen LogP contribution in [0.25, 0.3) is 0 Å². The van der Waals surface area contributed by atoms with Crippen LogP contribution in [0.4, 0.5) is 5.69 Å². The molecule has 2 N–H and O–H groups in total. The molecule has 21 heavy (non-hydrogen) atoms. The van der Waals surface area contributed by atoms with Gasteiger partial charge in [0.15, 0.2) is 5.69 Å². The molecule has 0 aliphatic heterocycles. The van der Waals surface area contributed by atoms with Crippen LogP contribution in [-0.2, 0) is 0 Å². The first-order valence-corrected chi connectivity index (χ1v) is 7.52. The van der Waals surface area contributed by atoms with Gasteiger partial charge in [-0.3, -0.25) is 0 Å². The maximum atomic E-state index is 11.5. The molecule has 6 nitrogen and oxygen atoms in total. The fraction of sp³-hybridized carbons (Fsp3) is 0.667. The van der Waals surface area contributed by atoms with Crippen LogP contribution in [0.5, 0.6) is 0 Å². The number of hydrogen-bond acceptors (Lipinski definition) is 5. The number of anilines is 1. The molecule has 116 valence electrons. The summed E-state index contributed by atoms with van der Waals surface area (Å²) in [4.78, 5) is 22.1. The molecule has 0 spiro atoms. The van der Waals surface area contributed by atoms with E-state index in [0.29, 0.717) is 30.5 Å². The Morgan fingerprint density at radius 1 is 1.48 bits per heavy atom. The van der Waals surface area contributed by atoms with Gasteiger partial charge in [0, 0.05) is 25.1 Å². The number of aromatic carboxylic acids is 1. The summed E-state index contributed by atoms with van der Waals surface area (Å²) in [5.41, 5.74) is 0.642. The van der Waals surface area contributed by atoms with E-state index in [4.69, 9.17) is 5.11 Å². The van der Waals surface area contributed by atoms with Crippen LogP contribution in [0.2, 0.25) is 0 Å². The van der Waals surface area contributed by atoms with Crippen molar-refractivity contribution in [2.45, 2.75) is 51.5 Å². The van der Waals surface area contributed by atoms with Crippen molar-refractivity contribution >= 4 is 11.7 Å². The molecule has 6 heteroatoms. The molecule has 1 aromatic rings. The van der Waals surface area contributed by atoms with Crippen molar-refractivity contribution in [1.29, 1.82) is 0 Å². The van der Waals surface area contributed by atoms with E-state index in [-0.39, 0.29) is 18.2 Å². The van der Waals surface area contributed by atoms with E-state index in [2.05, 4.69) is 9.97 Å². The van der Waals surface area contributed by atoms with Crippen LogP contribution in [0, 0.1) is 0 Å². The summed E-state index contributed by atoms with van der Waals surface area (Å²) < 4.78 is 0. The van der Waals surface area contributed by atoms with Gasteiger partial charge in [-0.2, -0.15) is 0 Å². The lowest BCUT2D eigenvalue weighted by Gasteiger charge is -2.39. The smallest absolute Gasteiger partial charge is 0.356 e. The number of carbonyl (C=O) groups is 1. The molecular weight excluding hydrogens is 270 g/mol. The number of carboxylic acid groups (broad SMARTS) is 1. The minimum Gasteiger partial charge on any atom is -0.476 e. The minimum atomic E-state index is -1.03. The highest BCUT2D eigenvalue weighted by Crippen LogP contribution is 2.31. The Morgan fingerprint density at radius 2 is 2.19 bits per heavy atom. The summed E-state index contributed by atoms with van der Waals surface area (Å²) in [5, 5.41) is 18.5. The predicted molar refractivity (Wildman–Crippen MR) is 79.8 cm³/mol. The van der Waals surface area contributed by atoms with E-state index in [0.717, 1.165) is 19.3 Å². The largest absolute Gasteiger partial charge is 0.476 e. The topological polar surface area (TPSA) is 86.5 Å². The zero-order chi connectivity index (χ0) is 15.4. The second-order valence-electron chi connectivity index (χ2n) is 5.78. The van der Waals surface area contributed by atoms with Gasteiger partial charge in [0.05, 0.1) is 11.9 Å². The van der Waals surface area contributed by atoms with Crippen LogP contribution in [0.1, 0.15) is 61.8 Å². The molecule has 0 atom stereocenters. The summed E-state index contributed by atoms with van der Waals surface area (Å²) in [6, 6.07) is 0.336. The third-order valence-corrected chi connectivity index (χ3v) is 3.89. The lowest BCUT2D eigenvalue weighted by Crippen LogP contribution is -2.42. The Kier molecular flexibility index (Phi) is 5.12. The van der Waals surface area contributed by atoms with Gasteiger partial charge in [0.1, 0.15) is 5.82 Å². The van der Waals surface area contributed by atoms with E-state index in [1.165, 1.54) is 0 Å². The molecule has 1 fully saturated rings. The number of hydrogen-bond donors (Lipinski definition) is 2. The standard InChI is InChI=1S/C15H23N3O3/c1-10(2)14-16-9-12(13(17-14)15(20)21)18(7-4-8-19)11-5-3-6-11/h9-11,19H,3-8H2,1-2H3,(H,20,21). The van der Waals surface area contributed by atoms with Crippen LogP contribution >= 0.6 is 0 Å². The van der Waals surface area contributed by atoms with Crippen LogP contribution < -0.4 is 4.90 Å². The first-order valence-electron chi connectivity index (χ1n) is 7.52. The molecule has 1 heterocycles. The van der Waals surface area contributed by atoms with Gasteiger partial charge in [-0.25, -0.2) is 14.8 Å². The quantitative estimate of drug-likeness (QED) is 0.800. The van der Waals surface area contributed by atoms with Crippen molar-refractivity contribution in [2.75, 3.05) is 18.1 Å². The molecule has 1 saturated carbocycles. The van der Waals surface area contributed by atoms with Gasteiger partial charge in [0.25, 0.3) is 0 Å². The Labute approximate surface area is 124 Å². The van der Waals surface area contributed by atoms with E-state index < -0.39 is 5.97 Å². The number of aliphatic hydroxyl groups excluding tert-OH is 1. The summed E-state index contributed by atoms with van der Waals surface area (Å²) in [7, 11) is 0. The zero-order valence-corrected chi connectivity index (χ0v) is 12.6. The fourth-order valence-electron chi connectivity index (χ4n) is 2.47.